The predicted molar refractivity (Wildman–Crippen MR) is 106 cm³/mol. The van der Waals surface area contributed by atoms with Crippen LogP contribution in [0.2, 0.25) is 10.0 Å². The molecule has 0 saturated carbocycles. The van der Waals surface area contributed by atoms with Crippen LogP contribution in [0.25, 0.3) is 0 Å². The summed E-state index contributed by atoms with van der Waals surface area (Å²) in [5.41, 5.74) is 0.677. The number of amides is 1. The molecule has 27 heavy (non-hydrogen) atoms. The van der Waals surface area contributed by atoms with E-state index in [0.29, 0.717) is 28.0 Å². The largest absolute Gasteiger partial charge is 0.494 e. The molecule has 0 radical (unpaired) electrons. The van der Waals surface area contributed by atoms with Crippen molar-refractivity contribution in [2.24, 2.45) is 0 Å². The molecule has 146 valence electrons. The third-order valence-corrected chi connectivity index (χ3v) is 5.78. The average molecular weight is 431 g/mol. The van der Waals surface area contributed by atoms with Crippen LogP contribution in [0.1, 0.15) is 19.4 Å². The molecule has 1 amide bonds. The maximum absolute atomic E-state index is 12.4. The lowest BCUT2D eigenvalue weighted by molar-refractivity contribution is -0.122. The summed E-state index contributed by atoms with van der Waals surface area (Å²) in [4.78, 5) is 12.3. The van der Waals surface area contributed by atoms with Gasteiger partial charge in [-0.3, -0.25) is 4.79 Å². The van der Waals surface area contributed by atoms with Crippen LogP contribution in [0.4, 0.5) is 0 Å². The molecule has 0 aliphatic rings. The van der Waals surface area contributed by atoms with Crippen LogP contribution in [-0.2, 0) is 21.4 Å². The SMILES string of the molecule is CCOc1ccc(S(=O)(=O)N[C@@H](C)C(=O)NCc2ccc(Cl)cc2Cl)cc1. The summed E-state index contributed by atoms with van der Waals surface area (Å²) in [6, 6.07) is 9.93. The summed E-state index contributed by atoms with van der Waals surface area (Å²) < 4.78 is 32.5. The van der Waals surface area contributed by atoms with Gasteiger partial charge in [0.05, 0.1) is 17.5 Å². The number of rotatable bonds is 8. The fourth-order valence-corrected chi connectivity index (χ4v) is 3.91. The van der Waals surface area contributed by atoms with Crippen LogP contribution in [0.5, 0.6) is 5.75 Å². The lowest BCUT2D eigenvalue weighted by Crippen LogP contribution is -2.44. The Labute approximate surface area is 168 Å². The lowest BCUT2D eigenvalue weighted by Gasteiger charge is -2.15. The second-order valence-electron chi connectivity index (χ2n) is 5.70. The molecule has 2 N–H and O–H groups in total. The maximum atomic E-state index is 12.4. The number of carbonyl (C=O) groups is 1. The number of halogens is 2. The lowest BCUT2D eigenvalue weighted by atomic mass is 10.2. The fraction of sp³-hybridized carbons (Fsp3) is 0.278. The molecule has 0 aliphatic heterocycles. The zero-order valence-electron chi connectivity index (χ0n) is 14.8. The van der Waals surface area contributed by atoms with Gasteiger partial charge in [0, 0.05) is 16.6 Å². The Kier molecular flexibility index (Phi) is 7.49. The first-order valence-electron chi connectivity index (χ1n) is 8.19. The van der Waals surface area contributed by atoms with Crippen LogP contribution in [0.3, 0.4) is 0 Å². The van der Waals surface area contributed by atoms with Crippen LogP contribution in [-0.4, -0.2) is 27.0 Å². The van der Waals surface area contributed by atoms with Gasteiger partial charge in [0.15, 0.2) is 0 Å². The normalized spacial score (nSPS) is 12.4. The highest BCUT2D eigenvalue weighted by atomic mass is 35.5. The van der Waals surface area contributed by atoms with Crippen LogP contribution < -0.4 is 14.8 Å². The Hall–Kier alpha value is -1.80. The quantitative estimate of drug-likeness (QED) is 0.671. The van der Waals surface area contributed by atoms with E-state index in [9.17, 15) is 13.2 Å². The Morgan fingerprint density at radius 2 is 1.81 bits per heavy atom. The van der Waals surface area contributed by atoms with Crippen molar-refractivity contribution in [2.45, 2.75) is 31.3 Å². The monoisotopic (exact) mass is 430 g/mol. The van der Waals surface area contributed by atoms with E-state index in [1.807, 2.05) is 6.92 Å². The number of hydrogen-bond acceptors (Lipinski definition) is 4. The fourth-order valence-electron chi connectivity index (χ4n) is 2.24. The van der Waals surface area contributed by atoms with E-state index < -0.39 is 22.0 Å². The van der Waals surface area contributed by atoms with Gasteiger partial charge in [-0.1, -0.05) is 29.3 Å². The standard InChI is InChI=1S/C18H20Cl2N2O4S/c1-3-26-15-6-8-16(9-7-15)27(24,25)22-12(2)18(23)21-11-13-4-5-14(19)10-17(13)20/h4-10,12,22H,3,11H2,1-2H3,(H,21,23)/t12-/m0/s1. The van der Waals surface area contributed by atoms with Crippen LogP contribution in [0.15, 0.2) is 47.4 Å². The molecule has 0 bridgehead atoms. The molecule has 2 aromatic carbocycles. The van der Waals surface area contributed by atoms with Crippen LogP contribution in [0, 0.1) is 0 Å². The summed E-state index contributed by atoms with van der Waals surface area (Å²) in [5.74, 6) is 0.0950. The van der Waals surface area contributed by atoms with Crippen molar-refractivity contribution >= 4 is 39.1 Å². The zero-order chi connectivity index (χ0) is 20.0. The van der Waals surface area contributed by atoms with Crippen molar-refractivity contribution in [3.05, 3.63) is 58.1 Å². The summed E-state index contributed by atoms with van der Waals surface area (Å²) >= 11 is 11.9. The number of sulfonamides is 1. The molecule has 9 heteroatoms. The molecule has 0 aromatic heterocycles. The molecule has 0 heterocycles. The molecular formula is C18H20Cl2N2O4S. The summed E-state index contributed by atoms with van der Waals surface area (Å²) in [6.07, 6.45) is 0. The van der Waals surface area contributed by atoms with Gasteiger partial charge in [0.1, 0.15) is 5.75 Å². The number of carbonyl (C=O) groups excluding carboxylic acids is 1. The molecule has 0 aliphatic carbocycles. The number of nitrogens with one attached hydrogen (secondary N) is 2. The second kappa shape index (κ2) is 9.41. The van der Waals surface area contributed by atoms with E-state index in [-0.39, 0.29) is 11.4 Å². The Bertz CT molecular complexity index is 902. The first kappa shape index (κ1) is 21.5. The van der Waals surface area contributed by atoms with E-state index in [1.54, 1.807) is 30.3 Å². The van der Waals surface area contributed by atoms with Crippen molar-refractivity contribution in [3.8, 4) is 5.75 Å². The second-order valence-corrected chi connectivity index (χ2v) is 8.26. The third kappa shape index (κ3) is 6.10. The molecule has 0 unspecified atom stereocenters. The Balaban J connectivity index is 1.97. The average Bonchev–Trinajstić information content (AvgIpc) is 2.61. The van der Waals surface area contributed by atoms with E-state index in [2.05, 4.69) is 10.0 Å². The molecule has 0 spiro atoms. The van der Waals surface area contributed by atoms with E-state index in [4.69, 9.17) is 27.9 Å². The number of ether oxygens (including phenoxy) is 1. The molecular weight excluding hydrogens is 411 g/mol. The number of hydrogen-bond donors (Lipinski definition) is 2. The van der Waals surface area contributed by atoms with Gasteiger partial charge in [0.2, 0.25) is 15.9 Å². The maximum Gasteiger partial charge on any atom is 0.241 e. The van der Waals surface area contributed by atoms with Crippen molar-refractivity contribution in [1.82, 2.24) is 10.0 Å². The van der Waals surface area contributed by atoms with Crippen molar-refractivity contribution in [3.63, 3.8) is 0 Å². The van der Waals surface area contributed by atoms with Gasteiger partial charge in [0.25, 0.3) is 0 Å². The topological polar surface area (TPSA) is 84.5 Å². The van der Waals surface area contributed by atoms with Crippen molar-refractivity contribution in [2.75, 3.05) is 6.61 Å². The smallest absolute Gasteiger partial charge is 0.241 e. The number of benzene rings is 2. The van der Waals surface area contributed by atoms with Gasteiger partial charge in [-0.05, 0) is 55.8 Å². The minimum absolute atomic E-state index is 0.0475. The van der Waals surface area contributed by atoms with Gasteiger partial charge >= 0.3 is 0 Å². The summed E-state index contributed by atoms with van der Waals surface area (Å²) in [6.45, 7) is 3.94. The summed E-state index contributed by atoms with van der Waals surface area (Å²) in [7, 11) is -3.84. The highest BCUT2D eigenvalue weighted by molar-refractivity contribution is 7.89. The molecule has 0 fully saturated rings. The molecule has 1 atom stereocenters. The minimum atomic E-state index is -3.84. The van der Waals surface area contributed by atoms with E-state index >= 15 is 0 Å². The van der Waals surface area contributed by atoms with E-state index in [1.165, 1.54) is 19.1 Å². The first-order valence-corrected chi connectivity index (χ1v) is 10.4. The zero-order valence-corrected chi connectivity index (χ0v) is 17.2. The molecule has 0 saturated heterocycles. The highest BCUT2D eigenvalue weighted by Gasteiger charge is 2.22. The predicted octanol–water partition coefficient (Wildman–Crippen LogP) is 3.38. The van der Waals surface area contributed by atoms with Gasteiger partial charge < -0.3 is 10.1 Å². The minimum Gasteiger partial charge on any atom is -0.494 e. The first-order chi connectivity index (χ1) is 12.7. The van der Waals surface area contributed by atoms with Gasteiger partial charge in [-0.2, -0.15) is 4.72 Å². The van der Waals surface area contributed by atoms with Gasteiger partial charge in [-0.15, -0.1) is 0 Å². The highest BCUT2D eigenvalue weighted by Crippen LogP contribution is 2.21. The molecule has 2 aromatic rings. The van der Waals surface area contributed by atoms with Crippen LogP contribution >= 0.6 is 23.2 Å². The van der Waals surface area contributed by atoms with Crippen molar-refractivity contribution in [1.29, 1.82) is 0 Å². The van der Waals surface area contributed by atoms with E-state index in [0.717, 1.165) is 0 Å². The Morgan fingerprint density at radius 1 is 1.15 bits per heavy atom. The third-order valence-electron chi connectivity index (χ3n) is 3.64. The molecule has 2 rings (SSSR count). The summed E-state index contributed by atoms with van der Waals surface area (Å²) in [5, 5.41) is 3.56. The van der Waals surface area contributed by atoms with Crippen molar-refractivity contribution < 1.29 is 17.9 Å². The Morgan fingerprint density at radius 3 is 2.41 bits per heavy atom. The van der Waals surface area contributed by atoms with Gasteiger partial charge in [-0.25, -0.2) is 8.42 Å². The molecule has 6 nitrogen and oxygen atoms in total.